The second-order valence-electron chi connectivity index (χ2n) is 7.62. The summed E-state index contributed by atoms with van der Waals surface area (Å²) in [4.78, 5) is 32.9. The van der Waals surface area contributed by atoms with Gasteiger partial charge in [0.1, 0.15) is 21.5 Å². The quantitative estimate of drug-likeness (QED) is 0.306. The smallest absolute Gasteiger partial charge is 0.267 e. The van der Waals surface area contributed by atoms with E-state index >= 15 is 0 Å². The summed E-state index contributed by atoms with van der Waals surface area (Å²) in [5.41, 5.74) is 1.75. The van der Waals surface area contributed by atoms with Crippen LogP contribution in [0.25, 0.3) is 11.7 Å². The molecule has 0 spiro atoms. The highest BCUT2D eigenvalue weighted by atomic mass is 32.2. The maximum atomic E-state index is 13.4. The third-order valence-corrected chi connectivity index (χ3v) is 6.74. The van der Waals surface area contributed by atoms with Crippen LogP contribution < -0.4 is 10.9 Å². The molecule has 7 nitrogen and oxygen atoms in total. The van der Waals surface area contributed by atoms with Gasteiger partial charge in [0.25, 0.3) is 11.5 Å². The van der Waals surface area contributed by atoms with Gasteiger partial charge in [0.05, 0.1) is 23.3 Å². The summed E-state index contributed by atoms with van der Waals surface area (Å²) in [6, 6.07) is 19.0. The Morgan fingerprint density at radius 1 is 1.06 bits per heavy atom. The van der Waals surface area contributed by atoms with Crippen LogP contribution in [0.5, 0.6) is 0 Å². The van der Waals surface area contributed by atoms with Crippen molar-refractivity contribution in [1.29, 1.82) is 0 Å². The summed E-state index contributed by atoms with van der Waals surface area (Å²) in [6.45, 7) is 0.825. The number of carbonyl (C=O) groups is 1. The van der Waals surface area contributed by atoms with Crippen LogP contribution in [0.15, 0.2) is 87.2 Å². The molecule has 34 heavy (non-hydrogen) atoms. The second-order valence-corrected chi connectivity index (χ2v) is 9.29. The van der Waals surface area contributed by atoms with Gasteiger partial charge in [-0.15, -0.1) is 0 Å². The zero-order chi connectivity index (χ0) is 23.5. The fraction of sp³-hybridized carbons (Fsp3) is 0.120. The van der Waals surface area contributed by atoms with E-state index in [9.17, 15) is 9.59 Å². The van der Waals surface area contributed by atoms with E-state index in [1.807, 2.05) is 24.3 Å². The van der Waals surface area contributed by atoms with Crippen molar-refractivity contribution in [3.8, 4) is 0 Å². The Balaban J connectivity index is 1.47. The van der Waals surface area contributed by atoms with Crippen molar-refractivity contribution in [3.05, 3.63) is 105 Å². The molecule has 0 unspecified atom stereocenters. The number of fused-ring (bicyclic) bond motifs is 1. The largest absolute Gasteiger partial charge is 0.467 e. The summed E-state index contributed by atoms with van der Waals surface area (Å²) in [5.74, 6) is 0.802. The molecule has 1 N–H and O–H groups in total. The molecule has 0 aliphatic carbocycles. The molecule has 1 aliphatic rings. The third kappa shape index (κ3) is 4.52. The van der Waals surface area contributed by atoms with Crippen molar-refractivity contribution in [1.82, 2.24) is 14.3 Å². The van der Waals surface area contributed by atoms with E-state index < -0.39 is 0 Å². The molecule has 1 aromatic carbocycles. The number of carbonyl (C=O) groups excluding carboxylic acids is 1. The van der Waals surface area contributed by atoms with Crippen molar-refractivity contribution in [3.63, 3.8) is 0 Å². The summed E-state index contributed by atoms with van der Waals surface area (Å²) in [5, 5.41) is 3.29. The lowest BCUT2D eigenvalue weighted by Gasteiger charge is -2.12. The van der Waals surface area contributed by atoms with Crippen LogP contribution in [0.3, 0.4) is 0 Å². The van der Waals surface area contributed by atoms with E-state index in [4.69, 9.17) is 16.6 Å². The highest BCUT2D eigenvalue weighted by Crippen LogP contribution is 2.34. The zero-order valence-electron chi connectivity index (χ0n) is 18.0. The van der Waals surface area contributed by atoms with E-state index in [0.29, 0.717) is 38.6 Å². The number of hydrogen-bond acceptors (Lipinski definition) is 7. The highest BCUT2D eigenvalue weighted by Gasteiger charge is 2.33. The van der Waals surface area contributed by atoms with Crippen LogP contribution in [0, 0.1) is 0 Å². The number of hydrogen-bond donors (Lipinski definition) is 1. The Morgan fingerprint density at radius 3 is 2.68 bits per heavy atom. The lowest BCUT2D eigenvalue weighted by molar-refractivity contribution is -0.122. The maximum Gasteiger partial charge on any atom is 0.267 e. The van der Waals surface area contributed by atoms with Crippen molar-refractivity contribution < 1.29 is 9.21 Å². The van der Waals surface area contributed by atoms with Crippen LogP contribution in [0.1, 0.15) is 16.9 Å². The first-order chi connectivity index (χ1) is 16.6. The lowest BCUT2D eigenvalue weighted by Crippen LogP contribution is -2.27. The average molecular weight is 489 g/mol. The van der Waals surface area contributed by atoms with Gasteiger partial charge in [0.15, 0.2) is 0 Å². The van der Waals surface area contributed by atoms with Crippen LogP contribution in [0.4, 0.5) is 5.82 Å². The monoisotopic (exact) mass is 488 g/mol. The van der Waals surface area contributed by atoms with Crippen molar-refractivity contribution in [2.24, 2.45) is 0 Å². The molecule has 1 amide bonds. The lowest BCUT2D eigenvalue weighted by atomic mass is 10.1. The van der Waals surface area contributed by atoms with Gasteiger partial charge < -0.3 is 9.73 Å². The predicted octanol–water partition coefficient (Wildman–Crippen LogP) is 4.34. The molecular formula is C25H20N4O3S2. The van der Waals surface area contributed by atoms with Crippen LogP contribution in [0.2, 0.25) is 0 Å². The number of amides is 1. The molecule has 0 atom stereocenters. The Morgan fingerprint density at radius 2 is 1.88 bits per heavy atom. The minimum Gasteiger partial charge on any atom is -0.467 e. The highest BCUT2D eigenvalue weighted by molar-refractivity contribution is 8.26. The Hall–Kier alpha value is -3.69. The summed E-state index contributed by atoms with van der Waals surface area (Å²) < 4.78 is 7.24. The second kappa shape index (κ2) is 9.66. The summed E-state index contributed by atoms with van der Waals surface area (Å²) >= 11 is 6.59. The molecular weight excluding hydrogens is 468 g/mol. The molecule has 1 aliphatic heterocycles. The normalized spacial score (nSPS) is 14.9. The van der Waals surface area contributed by atoms with Crippen molar-refractivity contribution in [2.45, 2.75) is 13.0 Å². The number of aromatic nitrogens is 2. The van der Waals surface area contributed by atoms with Crippen LogP contribution in [-0.2, 0) is 17.8 Å². The molecule has 0 bridgehead atoms. The standard InChI is InChI=1S/C25H20N4O3S2/c30-23-19(15-20-24(31)29(25(33)34-20)16-18-9-6-14-32-18)22(27-21-10-4-5-13-28(21)23)26-12-11-17-7-2-1-3-8-17/h1-10,13-15,26H,11-12,16H2/b20-15+. The number of thiocarbonyl (C=S) groups is 1. The van der Waals surface area contributed by atoms with Crippen LogP contribution >= 0.6 is 24.0 Å². The molecule has 170 valence electrons. The van der Waals surface area contributed by atoms with Crippen LogP contribution in [-0.4, -0.2) is 31.1 Å². The minimum absolute atomic E-state index is 0.242. The van der Waals surface area contributed by atoms with Gasteiger partial charge in [0, 0.05) is 12.7 Å². The van der Waals surface area contributed by atoms with E-state index in [0.717, 1.165) is 6.42 Å². The number of anilines is 1. The molecule has 9 heteroatoms. The molecule has 0 radical (unpaired) electrons. The number of rotatable bonds is 7. The molecule has 1 saturated heterocycles. The van der Waals surface area contributed by atoms with Gasteiger partial charge in [-0.3, -0.25) is 18.9 Å². The first-order valence-corrected chi connectivity index (χ1v) is 11.9. The van der Waals surface area contributed by atoms with Gasteiger partial charge in [-0.25, -0.2) is 4.98 Å². The summed E-state index contributed by atoms with van der Waals surface area (Å²) in [6.07, 6.45) is 5.57. The number of pyridine rings is 1. The Kier molecular flexibility index (Phi) is 6.29. The molecule has 4 heterocycles. The van der Waals surface area contributed by atoms with E-state index in [2.05, 4.69) is 22.4 Å². The third-order valence-electron chi connectivity index (χ3n) is 5.36. The number of nitrogens with one attached hydrogen (secondary N) is 1. The number of benzene rings is 1. The van der Waals surface area contributed by atoms with E-state index in [1.54, 1.807) is 42.8 Å². The first-order valence-electron chi connectivity index (χ1n) is 10.7. The van der Waals surface area contributed by atoms with Gasteiger partial charge in [-0.05, 0) is 42.3 Å². The van der Waals surface area contributed by atoms with Gasteiger partial charge >= 0.3 is 0 Å². The average Bonchev–Trinajstić information content (AvgIpc) is 3.46. The first kappa shape index (κ1) is 22.1. The number of nitrogens with zero attached hydrogens (tertiary/aromatic N) is 3. The fourth-order valence-corrected chi connectivity index (χ4v) is 4.90. The fourth-order valence-electron chi connectivity index (χ4n) is 3.66. The zero-order valence-corrected chi connectivity index (χ0v) is 19.6. The van der Waals surface area contributed by atoms with E-state index in [-0.39, 0.29) is 18.0 Å². The van der Waals surface area contributed by atoms with Gasteiger partial charge in [-0.1, -0.05) is 60.4 Å². The Bertz CT molecular complexity index is 1450. The Labute approximate surface area is 205 Å². The van der Waals surface area contributed by atoms with Gasteiger partial charge in [0.2, 0.25) is 0 Å². The SMILES string of the molecule is O=C1/C(=C\c2c(NCCc3ccccc3)nc3ccccn3c2=O)SC(=S)N1Cc1ccco1. The van der Waals surface area contributed by atoms with E-state index in [1.165, 1.54) is 26.6 Å². The number of thioether (sulfide) groups is 1. The topological polar surface area (TPSA) is 79.9 Å². The number of furan rings is 1. The minimum atomic E-state index is -0.265. The summed E-state index contributed by atoms with van der Waals surface area (Å²) in [7, 11) is 0. The van der Waals surface area contributed by atoms with Crippen molar-refractivity contribution in [2.75, 3.05) is 11.9 Å². The molecule has 1 fully saturated rings. The maximum absolute atomic E-state index is 13.4. The predicted molar refractivity (Wildman–Crippen MR) is 138 cm³/mol. The van der Waals surface area contributed by atoms with Gasteiger partial charge in [-0.2, -0.15) is 0 Å². The molecule has 3 aromatic heterocycles. The molecule has 0 saturated carbocycles. The molecule has 4 aromatic rings. The van der Waals surface area contributed by atoms with Crippen molar-refractivity contribution >= 4 is 51.7 Å². The molecule has 5 rings (SSSR count).